The van der Waals surface area contributed by atoms with Crippen molar-refractivity contribution in [2.45, 2.75) is 17.9 Å². The molecule has 1 aliphatic heterocycles. The van der Waals surface area contributed by atoms with Crippen LogP contribution in [-0.2, 0) is 17.8 Å². The van der Waals surface area contributed by atoms with Crippen LogP contribution in [0.2, 0.25) is 0 Å². The Balaban J connectivity index is 1.49. The molecule has 0 aliphatic carbocycles. The van der Waals surface area contributed by atoms with E-state index in [1.165, 1.54) is 0 Å². The number of carbonyl (C=O) groups is 1. The van der Waals surface area contributed by atoms with Crippen molar-refractivity contribution in [3.8, 4) is 0 Å². The Labute approximate surface area is 158 Å². The van der Waals surface area contributed by atoms with Crippen LogP contribution in [0.5, 0.6) is 0 Å². The molecule has 4 heterocycles. The number of halogens is 1. The van der Waals surface area contributed by atoms with Crippen molar-refractivity contribution >= 4 is 44.6 Å². The van der Waals surface area contributed by atoms with Gasteiger partial charge in [-0.1, -0.05) is 0 Å². The lowest BCUT2D eigenvalue weighted by Gasteiger charge is -2.28. The number of hydrogen-bond acceptors (Lipinski definition) is 5. The molecule has 1 amide bonds. The molecule has 5 nitrogen and oxygen atoms in total. The average molecular weight is 415 g/mol. The van der Waals surface area contributed by atoms with Gasteiger partial charge in [-0.2, -0.15) is 0 Å². The van der Waals surface area contributed by atoms with Crippen LogP contribution in [0.1, 0.15) is 11.3 Å². The van der Waals surface area contributed by atoms with E-state index in [2.05, 4.69) is 36.9 Å². The summed E-state index contributed by atoms with van der Waals surface area (Å²) >= 11 is 4.99. The van der Waals surface area contributed by atoms with Gasteiger partial charge in [-0.05, 0) is 45.8 Å². The third kappa shape index (κ3) is 3.67. The van der Waals surface area contributed by atoms with Crippen LogP contribution in [0.15, 0.2) is 52.2 Å². The minimum Gasteiger partial charge on any atom is -0.337 e. The zero-order valence-corrected chi connectivity index (χ0v) is 15.8. The first-order valence-corrected chi connectivity index (χ1v) is 9.71. The number of aromatic nitrogens is 3. The van der Waals surface area contributed by atoms with Gasteiger partial charge < -0.3 is 4.90 Å². The molecule has 0 bridgehead atoms. The van der Waals surface area contributed by atoms with Crippen LogP contribution in [0.25, 0.3) is 11.0 Å². The van der Waals surface area contributed by atoms with E-state index in [0.29, 0.717) is 18.8 Å². The van der Waals surface area contributed by atoms with Crippen LogP contribution in [0.4, 0.5) is 0 Å². The molecule has 126 valence electrons. The second-order valence-corrected chi connectivity index (χ2v) is 7.80. The fraction of sp³-hybridized carbons (Fsp3) is 0.222. The Morgan fingerprint density at radius 3 is 2.96 bits per heavy atom. The molecular formula is C18H15BrN4OS. The normalized spacial score (nSPS) is 13.7. The summed E-state index contributed by atoms with van der Waals surface area (Å²) in [6.45, 7) is 1.32. The highest BCUT2D eigenvalue weighted by atomic mass is 79.9. The monoisotopic (exact) mass is 414 g/mol. The minimum absolute atomic E-state index is 0.153. The Kier molecular flexibility index (Phi) is 4.67. The van der Waals surface area contributed by atoms with Gasteiger partial charge in [0, 0.05) is 58.5 Å². The first-order valence-electron chi connectivity index (χ1n) is 7.94. The van der Waals surface area contributed by atoms with E-state index in [-0.39, 0.29) is 5.91 Å². The first-order chi connectivity index (χ1) is 12.2. The molecule has 3 aromatic rings. The van der Waals surface area contributed by atoms with Gasteiger partial charge in [0.05, 0.1) is 5.75 Å². The lowest BCUT2D eigenvalue weighted by atomic mass is 10.0. The van der Waals surface area contributed by atoms with Crippen molar-refractivity contribution in [1.29, 1.82) is 0 Å². The maximum Gasteiger partial charge on any atom is 0.233 e. The fourth-order valence-corrected chi connectivity index (χ4v) is 4.02. The van der Waals surface area contributed by atoms with E-state index in [4.69, 9.17) is 0 Å². The molecule has 0 unspecified atom stereocenters. The lowest BCUT2D eigenvalue weighted by molar-refractivity contribution is -0.129. The standard InChI is InChI=1S/C18H15BrN4OS/c19-14-8-12-7-13-10-23(6-3-16(13)22-18(12)21-9-14)17(24)11-25-15-1-4-20-5-2-15/h1-2,4-5,7-9H,3,6,10-11H2. The molecule has 0 spiro atoms. The Hall–Kier alpha value is -1.99. The highest BCUT2D eigenvalue weighted by Gasteiger charge is 2.22. The number of rotatable bonds is 3. The molecule has 1 aliphatic rings. The maximum atomic E-state index is 12.5. The molecular weight excluding hydrogens is 400 g/mol. The molecule has 0 aromatic carbocycles. The fourth-order valence-electron chi connectivity index (χ4n) is 2.88. The van der Waals surface area contributed by atoms with Crippen molar-refractivity contribution in [1.82, 2.24) is 19.9 Å². The molecule has 0 radical (unpaired) electrons. The topological polar surface area (TPSA) is 59.0 Å². The maximum absolute atomic E-state index is 12.5. The summed E-state index contributed by atoms with van der Waals surface area (Å²) in [5.41, 5.74) is 2.92. The van der Waals surface area contributed by atoms with Crippen LogP contribution in [-0.4, -0.2) is 38.1 Å². The zero-order valence-electron chi connectivity index (χ0n) is 13.4. The molecule has 3 aromatic heterocycles. The summed E-state index contributed by atoms with van der Waals surface area (Å²) in [5, 5.41) is 0.994. The number of thioether (sulfide) groups is 1. The van der Waals surface area contributed by atoms with Crippen molar-refractivity contribution in [2.75, 3.05) is 12.3 Å². The van der Waals surface area contributed by atoms with E-state index in [1.807, 2.05) is 23.1 Å². The van der Waals surface area contributed by atoms with Gasteiger partial charge in [-0.25, -0.2) is 9.97 Å². The highest BCUT2D eigenvalue weighted by Crippen LogP contribution is 2.24. The largest absolute Gasteiger partial charge is 0.337 e. The number of nitrogens with zero attached hydrogens (tertiary/aromatic N) is 4. The summed E-state index contributed by atoms with van der Waals surface area (Å²) in [4.78, 5) is 28.5. The predicted molar refractivity (Wildman–Crippen MR) is 101 cm³/mol. The number of fused-ring (bicyclic) bond motifs is 2. The molecule has 0 fully saturated rings. The van der Waals surface area contributed by atoms with Crippen molar-refractivity contribution in [3.05, 3.63) is 58.6 Å². The summed E-state index contributed by atoms with van der Waals surface area (Å²) in [7, 11) is 0. The smallest absolute Gasteiger partial charge is 0.233 e. The lowest BCUT2D eigenvalue weighted by Crippen LogP contribution is -2.37. The second-order valence-electron chi connectivity index (χ2n) is 5.83. The van der Waals surface area contributed by atoms with E-state index in [9.17, 15) is 4.79 Å². The van der Waals surface area contributed by atoms with Crippen LogP contribution in [0, 0.1) is 0 Å². The molecule has 25 heavy (non-hydrogen) atoms. The van der Waals surface area contributed by atoms with Gasteiger partial charge in [-0.15, -0.1) is 11.8 Å². The van der Waals surface area contributed by atoms with Crippen LogP contribution in [0.3, 0.4) is 0 Å². The van der Waals surface area contributed by atoms with E-state index in [1.54, 1.807) is 30.4 Å². The number of carbonyl (C=O) groups excluding carboxylic acids is 1. The Morgan fingerprint density at radius 2 is 2.12 bits per heavy atom. The number of amides is 1. The third-order valence-electron chi connectivity index (χ3n) is 4.15. The molecule has 7 heteroatoms. The summed E-state index contributed by atoms with van der Waals surface area (Å²) in [6.07, 6.45) is 6.02. The van der Waals surface area contributed by atoms with E-state index >= 15 is 0 Å². The van der Waals surface area contributed by atoms with E-state index in [0.717, 1.165) is 38.1 Å². The average Bonchev–Trinajstić information content (AvgIpc) is 2.65. The predicted octanol–water partition coefficient (Wildman–Crippen LogP) is 3.46. The van der Waals surface area contributed by atoms with Gasteiger partial charge in [0.25, 0.3) is 0 Å². The summed E-state index contributed by atoms with van der Waals surface area (Å²) < 4.78 is 0.930. The quantitative estimate of drug-likeness (QED) is 0.614. The van der Waals surface area contributed by atoms with Gasteiger partial charge in [0.2, 0.25) is 5.91 Å². The molecule has 0 atom stereocenters. The van der Waals surface area contributed by atoms with Crippen molar-refractivity contribution in [2.24, 2.45) is 0 Å². The zero-order chi connectivity index (χ0) is 17.2. The second kappa shape index (κ2) is 7.09. The number of hydrogen-bond donors (Lipinski definition) is 0. The summed E-state index contributed by atoms with van der Waals surface area (Å²) in [6, 6.07) is 7.95. The van der Waals surface area contributed by atoms with E-state index < -0.39 is 0 Å². The molecule has 0 N–H and O–H groups in total. The van der Waals surface area contributed by atoms with Gasteiger partial charge in [0.15, 0.2) is 5.65 Å². The van der Waals surface area contributed by atoms with Gasteiger partial charge >= 0.3 is 0 Å². The minimum atomic E-state index is 0.153. The van der Waals surface area contributed by atoms with Gasteiger partial charge in [-0.3, -0.25) is 9.78 Å². The Morgan fingerprint density at radius 1 is 1.28 bits per heavy atom. The molecule has 0 saturated carbocycles. The van der Waals surface area contributed by atoms with Crippen molar-refractivity contribution in [3.63, 3.8) is 0 Å². The number of pyridine rings is 3. The highest BCUT2D eigenvalue weighted by molar-refractivity contribution is 9.10. The molecule has 4 rings (SSSR count). The molecule has 0 saturated heterocycles. The third-order valence-corrected chi connectivity index (χ3v) is 5.58. The van der Waals surface area contributed by atoms with Crippen LogP contribution < -0.4 is 0 Å². The first kappa shape index (κ1) is 16.5. The van der Waals surface area contributed by atoms with Crippen LogP contribution >= 0.6 is 27.7 Å². The van der Waals surface area contributed by atoms with Gasteiger partial charge in [0.1, 0.15) is 0 Å². The SMILES string of the molecule is O=C(CSc1ccncc1)N1CCc2nc3ncc(Br)cc3cc2C1. The summed E-state index contributed by atoms with van der Waals surface area (Å²) in [5.74, 6) is 0.591. The Bertz CT molecular complexity index is 935. The van der Waals surface area contributed by atoms with Crippen molar-refractivity contribution < 1.29 is 4.79 Å².